The Balaban J connectivity index is 1.65. The number of amides is 2. The first-order valence-corrected chi connectivity index (χ1v) is 10.3. The van der Waals surface area contributed by atoms with E-state index in [-0.39, 0.29) is 11.8 Å². The first-order chi connectivity index (χ1) is 14.9. The molecule has 0 unspecified atom stereocenters. The lowest BCUT2D eigenvalue weighted by molar-refractivity contribution is -0.112. The van der Waals surface area contributed by atoms with Crippen LogP contribution in [0.4, 0.5) is 11.4 Å². The van der Waals surface area contributed by atoms with E-state index >= 15 is 0 Å². The second-order valence-electron chi connectivity index (χ2n) is 6.72. The number of halogens is 2. The van der Waals surface area contributed by atoms with Crippen LogP contribution < -0.4 is 10.6 Å². The van der Waals surface area contributed by atoms with Gasteiger partial charge in [-0.15, -0.1) is 0 Å². The normalized spacial score (nSPS) is 11.1. The van der Waals surface area contributed by atoms with Crippen LogP contribution in [0.15, 0.2) is 78.9 Å². The predicted molar refractivity (Wildman–Crippen MR) is 129 cm³/mol. The Morgan fingerprint density at radius 1 is 0.742 bits per heavy atom. The minimum atomic E-state index is -0.306. The zero-order chi connectivity index (χ0) is 22.2. The number of rotatable bonds is 6. The molecule has 2 amide bonds. The maximum Gasteiger partial charge on any atom is 0.248 e. The minimum Gasteiger partial charge on any atom is -0.322 e. The fourth-order valence-electron chi connectivity index (χ4n) is 2.74. The van der Waals surface area contributed by atoms with Gasteiger partial charge in [-0.2, -0.15) is 0 Å². The van der Waals surface area contributed by atoms with Crippen molar-refractivity contribution in [2.24, 2.45) is 0 Å². The van der Waals surface area contributed by atoms with Crippen molar-refractivity contribution in [1.82, 2.24) is 0 Å². The maximum absolute atomic E-state index is 12.3. The van der Waals surface area contributed by atoms with Gasteiger partial charge in [0.2, 0.25) is 11.8 Å². The van der Waals surface area contributed by atoms with Gasteiger partial charge >= 0.3 is 0 Å². The monoisotopic (exact) mass is 450 g/mol. The van der Waals surface area contributed by atoms with Gasteiger partial charge in [0.25, 0.3) is 0 Å². The van der Waals surface area contributed by atoms with Gasteiger partial charge in [0.1, 0.15) is 0 Å². The van der Waals surface area contributed by atoms with Gasteiger partial charge in [-0.25, -0.2) is 0 Å². The Morgan fingerprint density at radius 2 is 1.26 bits per heavy atom. The quantitative estimate of drug-likeness (QED) is 0.415. The molecule has 0 bridgehead atoms. The van der Waals surface area contributed by atoms with Crippen LogP contribution in [0.1, 0.15) is 16.7 Å². The number of aryl methyl sites for hydroxylation is 1. The van der Waals surface area contributed by atoms with Crippen LogP contribution in [0.2, 0.25) is 10.0 Å². The highest BCUT2D eigenvalue weighted by Crippen LogP contribution is 2.22. The summed E-state index contributed by atoms with van der Waals surface area (Å²) in [4.78, 5) is 24.6. The zero-order valence-corrected chi connectivity index (χ0v) is 18.2. The third kappa shape index (κ3) is 6.57. The van der Waals surface area contributed by atoms with Crippen LogP contribution in [-0.2, 0) is 9.59 Å². The van der Waals surface area contributed by atoms with E-state index in [4.69, 9.17) is 23.2 Å². The molecule has 3 rings (SSSR count). The van der Waals surface area contributed by atoms with Gasteiger partial charge in [-0.05, 0) is 60.0 Å². The van der Waals surface area contributed by atoms with Crippen molar-refractivity contribution in [3.8, 4) is 0 Å². The van der Waals surface area contributed by atoms with Crippen molar-refractivity contribution in [3.05, 3.63) is 106 Å². The molecule has 156 valence electrons. The number of benzene rings is 3. The highest BCUT2D eigenvalue weighted by Gasteiger charge is 2.06. The van der Waals surface area contributed by atoms with E-state index in [1.807, 2.05) is 49.4 Å². The molecule has 0 aliphatic heterocycles. The Kier molecular flexibility index (Phi) is 7.65. The molecule has 0 saturated heterocycles. The molecule has 3 aromatic carbocycles. The van der Waals surface area contributed by atoms with Crippen LogP contribution in [0.3, 0.4) is 0 Å². The van der Waals surface area contributed by atoms with E-state index < -0.39 is 0 Å². The molecule has 0 aliphatic rings. The molecule has 4 nitrogen and oxygen atoms in total. The topological polar surface area (TPSA) is 58.2 Å². The summed E-state index contributed by atoms with van der Waals surface area (Å²) in [5.41, 5.74) is 3.53. The minimum absolute atomic E-state index is 0.301. The van der Waals surface area contributed by atoms with Crippen molar-refractivity contribution in [1.29, 1.82) is 0 Å². The average molecular weight is 451 g/mol. The van der Waals surface area contributed by atoms with Crippen molar-refractivity contribution < 1.29 is 9.59 Å². The molecule has 0 aliphatic carbocycles. The Morgan fingerprint density at radius 3 is 1.81 bits per heavy atom. The summed E-state index contributed by atoms with van der Waals surface area (Å²) in [5.74, 6) is -0.607. The molecule has 0 radical (unpaired) electrons. The number of hydrogen-bond donors (Lipinski definition) is 2. The van der Waals surface area contributed by atoms with Gasteiger partial charge < -0.3 is 10.6 Å². The van der Waals surface area contributed by atoms with Gasteiger partial charge in [0, 0.05) is 33.6 Å². The molecule has 0 aromatic heterocycles. The number of carbonyl (C=O) groups is 2. The fraction of sp³-hybridized carbons (Fsp3) is 0.0400. The molecular weight excluding hydrogens is 431 g/mol. The third-order valence-corrected chi connectivity index (χ3v) is 5.09. The summed E-state index contributed by atoms with van der Waals surface area (Å²) in [5, 5.41) is 6.74. The Labute approximate surface area is 191 Å². The fourth-order valence-corrected chi connectivity index (χ4v) is 3.14. The Bertz CT molecular complexity index is 1170. The Hall–Kier alpha value is -3.34. The standard InChI is InChI=1S/C25H20Cl2N2O2/c1-17-10-13-20(28-24(30)14-11-18-6-2-4-8-21(18)26)16-23(17)29-25(31)15-12-19-7-3-5-9-22(19)27/h2-16H,1H3,(H,28,30)(H,29,31)/b14-11+,15-12+. The lowest BCUT2D eigenvalue weighted by Gasteiger charge is -2.10. The largest absolute Gasteiger partial charge is 0.322 e. The van der Waals surface area contributed by atoms with E-state index in [9.17, 15) is 9.59 Å². The zero-order valence-electron chi connectivity index (χ0n) is 16.7. The molecule has 3 aromatic rings. The van der Waals surface area contributed by atoms with E-state index in [1.165, 1.54) is 12.2 Å². The van der Waals surface area contributed by atoms with Crippen molar-refractivity contribution in [2.75, 3.05) is 10.6 Å². The molecular formula is C25H20Cl2N2O2. The first-order valence-electron chi connectivity index (χ1n) is 9.50. The maximum atomic E-state index is 12.3. The highest BCUT2D eigenvalue weighted by molar-refractivity contribution is 6.32. The van der Waals surface area contributed by atoms with Crippen LogP contribution in [0.5, 0.6) is 0 Å². The molecule has 6 heteroatoms. The van der Waals surface area contributed by atoms with Gasteiger partial charge in [0.05, 0.1) is 0 Å². The van der Waals surface area contributed by atoms with Crippen molar-refractivity contribution in [3.63, 3.8) is 0 Å². The van der Waals surface area contributed by atoms with Gasteiger partial charge in [0.15, 0.2) is 0 Å². The molecule has 0 atom stereocenters. The van der Waals surface area contributed by atoms with Crippen molar-refractivity contribution >= 4 is 58.5 Å². The number of carbonyl (C=O) groups excluding carboxylic acids is 2. The summed E-state index contributed by atoms with van der Waals surface area (Å²) >= 11 is 12.2. The van der Waals surface area contributed by atoms with E-state index in [0.717, 1.165) is 16.7 Å². The molecule has 2 N–H and O–H groups in total. The summed E-state index contributed by atoms with van der Waals surface area (Å²) < 4.78 is 0. The summed E-state index contributed by atoms with van der Waals surface area (Å²) in [7, 11) is 0. The summed E-state index contributed by atoms with van der Waals surface area (Å²) in [6.45, 7) is 1.87. The lowest BCUT2D eigenvalue weighted by atomic mass is 10.1. The first kappa shape index (κ1) is 22.3. The molecule has 0 spiro atoms. The van der Waals surface area contributed by atoms with Crippen LogP contribution in [0.25, 0.3) is 12.2 Å². The molecule has 0 fully saturated rings. The van der Waals surface area contributed by atoms with Gasteiger partial charge in [-0.3, -0.25) is 9.59 Å². The second kappa shape index (κ2) is 10.6. The van der Waals surface area contributed by atoms with Crippen LogP contribution in [-0.4, -0.2) is 11.8 Å². The van der Waals surface area contributed by atoms with Crippen LogP contribution in [0, 0.1) is 6.92 Å². The summed E-state index contributed by atoms with van der Waals surface area (Å²) in [6, 6.07) is 19.8. The SMILES string of the molecule is Cc1ccc(NC(=O)/C=C/c2ccccc2Cl)cc1NC(=O)/C=C/c1ccccc1Cl. The third-order valence-electron chi connectivity index (χ3n) is 4.40. The second-order valence-corrected chi connectivity index (χ2v) is 7.53. The smallest absolute Gasteiger partial charge is 0.248 e. The molecule has 31 heavy (non-hydrogen) atoms. The molecule has 0 heterocycles. The number of anilines is 2. The van der Waals surface area contributed by atoms with Crippen LogP contribution >= 0.6 is 23.2 Å². The predicted octanol–water partition coefficient (Wildman–Crippen LogP) is 6.61. The summed E-state index contributed by atoms with van der Waals surface area (Å²) in [6.07, 6.45) is 6.12. The number of hydrogen-bond acceptors (Lipinski definition) is 2. The average Bonchev–Trinajstić information content (AvgIpc) is 2.75. The lowest BCUT2D eigenvalue weighted by Crippen LogP contribution is -2.11. The van der Waals surface area contributed by atoms with E-state index in [1.54, 1.807) is 36.4 Å². The van der Waals surface area contributed by atoms with Crippen molar-refractivity contribution in [2.45, 2.75) is 6.92 Å². The highest BCUT2D eigenvalue weighted by atomic mass is 35.5. The molecule has 0 saturated carbocycles. The van der Waals surface area contributed by atoms with E-state index in [0.29, 0.717) is 21.4 Å². The van der Waals surface area contributed by atoms with E-state index in [2.05, 4.69) is 10.6 Å². The van der Waals surface area contributed by atoms with Gasteiger partial charge in [-0.1, -0.05) is 65.7 Å². The number of nitrogens with one attached hydrogen (secondary N) is 2.